The SMILES string of the molecule is Cc1csc(CNC(C)C(F)F)n1. The Morgan fingerprint density at radius 3 is 2.77 bits per heavy atom. The van der Waals surface area contributed by atoms with Gasteiger partial charge < -0.3 is 5.32 Å². The van der Waals surface area contributed by atoms with Crippen LogP contribution in [0, 0.1) is 6.92 Å². The highest BCUT2D eigenvalue weighted by molar-refractivity contribution is 7.09. The minimum atomic E-state index is -2.32. The van der Waals surface area contributed by atoms with Crippen LogP contribution in [-0.4, -0.2) is 17.5 Å². The summed E-state index contributed by atoms with van der Waals surface area (Å²) in [6, 6.07) is -0.774. The monoisotopic (exact) mass is 206 g/mol. The molecule has 74 valence electrons. The summed E-state index contributed by atoms with van der Waals surface area (Å²) in [5, 5.41) is 5.47. The molecule has 0 aliphatic carbocycles. The second kappa shape index (κ2) is 4.62. The van der Waals surface area contributed by atoms with Gasteiger partial charge in [0.25, 0.3) is 6.43 Å². The topological polar surface area (TPSA) is 24.9 Å². The highest BCUT2D eigenvalue weighted by Crippen LogP contribution is 2.09. The maximum Gasteiger partial charge on any atom is 0.253 e. The molecular formula is C8H12F2N2S. The van der Waals surface area contributed by atoms with Crippen LogP contribution in [0.15, 0.2) is 5.38 Å². The second-order valence-corrected chi connectivity index (χ2v) is 3.83. The van der Waals surface area contributed by atoms with Crippen molar-refractivity contribution in [2.24, 2.45) is 0 Å². The predicted octanol–water partition coefficient (Wildman–Crippen LogP) is 2.19. The van der Waals surface area contributed by atoms with Gasteiger partial charge in [-0.2, -0.15) is 0 Å². The van der Waals surface area contributed by atoms with Crippen LogP contribution in [-0.2, 0) is 6.54 Å². The number of aromatic nitrogens is 1. The van der Waals surface area contributed by atoms with Crippen molar-refractivity contribution in [2.45, 2.75) is 32.9 Å². The van der Waals surface area contributed by atoms with Crippen LogP contribution in [0.25, 0.3) is 0 Å². The van der Waals surface area contributed by atoms with Gasteiger partial charge in [0.2, 0.25) is 0 Å². The molecule has 0 fully saturated rings. The van der Waals surface area contributed by atoms with E-state index in [1.165, 1.54) is 18.3 Å². The summed E-state index contributed by atoms with van der Waals surface area (Å²) >= 11 is 1.48. The first-order chi connectivity index (χ1) is 6.09. The van der Waals surface area contributed by atoms with E-state index in [0.717, 1.165) is 10.7 Å². The van der Waals surface area contributed by atoms with Crippen LogP contribution in [0.4, 0.5) is 8.78 Å². The molecule has 5 heteroatoms. The summed E-state index contributed by atoms with van der Waals surface area (Å²) < 4.78 is 24.1. The maximum absolute atomic E-state index is 12.1. The molecule has 0 spiro atoms. The zero-order chi connectivity index (χ0) is 9.84. The molecule has 1 atom stereocenters. The molecule has 1 heterocycles. The van der Waals surface area contributed by atoms with Crippen LogP contribution >= 0.6 is 11.3 Å². The number of nitrogens with one attached hydrogen (secondary N) is 1. The van der Waals surface area contributed by atoms with E-state index in [-0.39, 0.29) is 0 Å². The Balaban J connectivity index is 2.35. The van der Waals surface area contributed by atoms with Gasteiger partial charge in [-0.1, -0.05) is 0 Å². The number of nitrogens with zero attached hydrogens (tertiary/aromatic N) is 1. The lowest BCUT2D eigenvalue weighted by atomic mass is 10.3. The van der Waals surface area contributed by atoms with Crippen molar-refractivity contribution in [1.29, 1.82) is 0 Å². The molecule has 0 aromatic carbocycles. The molecule has 2 nitrogen and oxygen atoms in total. The first-order valence-electron chi connectivity index (χ1n) is 4.02. The van der Waals surface area contributed by atoms with Crippen molar-refractivity contribution in [3.63, 3.8) is 0 Å². The van der Waals surface area contributed by atoms with Crippen LogP contribution in [0.1, 0.15) is 17.6 Å². The lowest BCUT2D eigenvalue weighted by Gasteiger charge is -2.10. The Labute approximate surface area is 80.0 Å². The van der Waals surface area contributed by atoms with E-state index in [1.807, 2.05) is 12.3 Å². The average molecular weight is 206 g/mol. The molecule has 0 saturated heterocycles. The summed E-state index contributed by atoms with van der Waals surface area (Å²) in [5.41, 5.74) is 0.937. The third-order valence-electron chi connectivity index (χ3n) is 1.62. The van der Waals surface area contributed by atoms with Crippen molar-refractivity contribution in [2.75, 3.05) is 0 Å². The van der Waals surface area contributed by atoms with Crippen molar-refractivity contribution < 1.29 is 8.78 Å². The van der Waals surface area contributed by atoms with Gasteiger partial charge in [-0.3, -0.25) is 0 Å². The smallest absolute Gasteiger partial charge is 0.253 e. The Morgan fingerprint density at radius 1 is 1.62 bits per heavy atom. The first-order valence-corrected chi connectivity index (χ1v) is 4.90. The van der Waals surface area contributed by atoms with Gasteiger partial charge in [0, 0.05) is 17.6 Å². The van der Waals surface area contributed by atoms with E-state index in [9.17, 15) is 8.78 Å². The Hall–Kier alpha value is -0.550. The molecule has 0 bridgehead atoms. The normalized spacial score (nSPS) is 13.6. The van der Waals surface area contributed by atoms with Gasteiger partial charge in [0.15, 0.2) is 0 Å². The Bertz CT molecular complexity index is 262. The molecule has 1 N–H and O–H groups in total. The number of halogens is 2. The third-order valence-corrected chi connectivity index (χ3v) is 2.59. The molecule has 0 amide bonds. The van der Waals surface area contributed by atoms with E-state index < -0.39 is 12.5 Å². The van der Waals surface area contributed by atoms with E-state index in [2.05, 4.69) is 10.3 Å². The van der Waals surface area contributed by atoms with Crippen LogP contribution in [0.5, 0.6) is 0 Å². The number of hydrogen-bond donors (Lipinski definition) is 1. The molecule has 0 aliphatic heterocycles. The van der Waals surface area contributed by atoms with Crippen LogP contribution in [0.3, 0.4) is 0 Å². The Morgan fingerprint density at radius 2 is 2.31 bits per heavy atom. The molecule has 1 unspecified atom stereocenters. The molecular weight excluding hydrogens is 194 g/mol. The summed E-state index contributed by atoms with van der Waals surface area (Å²) in [6.45, 7) is 3.77. The summed E-state index contributed by atoms with van der Waals surface area (Å²) in [4.78, 5) is 4.15. The van der Waals surface area contributed by atoms with Gasteiger partial charge in [-0.25, -0.2) is 13.8 Å². The van der Waals surface area contributed by atoms with E-state index >= 15 is 0 Å². The van der Waals surface area contributed by atoms with Gasteiger partial charge in [-0.15, -0.1) is 11.3 Å². The number of rotatable bonds is 4. The Kier molecular flexibility index (Phi) is 3.74. The lowest BCUT2D eigenvalue weighted by molar-refractivity contribution is 0.105. The average Bonchev–Trinajstić information content (AvgIpc) is 2.47. The van der Waals surface area contributed by atoms with Crippen LogP contribution in [0.2, 0.25) is 0 Å². The fourth-order valence-electron chi connectivity index (χ4n) is 0.821. The van der Waals surface area contributed by atoms with E-state index in [4.69, 9.17) is 0 Å². The van der Waals surface area contributed by atoms with Crippen molar-refractivity contribution in [1.82, 2.24) is 10.3 Å². The lowest BCUT2D eigenvalue weighted by Crippen LogP contribution is -2.31. The van der Waals surface area contributed by atoms with Gasteiger partial charge >= 0.3 is 0 Å². The molecule has 1 aromatic heterocycles. The van der Waals surface area contributed by atoms with Crippen LogP contribution < -0.4 is 5.32 Å². The molecule has 13 heavy (non-hydrogen) atoms. The highest BCUT2D eigenvalue weighted by atomic mass is 32.1. The molecule has 0 radical (unpaired) electrons. The highest BCUT2D eigenvalue weighted by Gasteiger charge is 2.13. The number of aryl methyl sites for hydroxylation is 1. The number of hydrogen-bond acceptors (Lipinski definition) is 3. The minimum absolute atomic E-state index is 0.421. The molecule has 1 aromatic rings. The molecule has 0 aliphatic rings. The van der Waals surface area contributed by atoms with Gasteiger partial charge in [-0.05, 0) is 13.8 Å². The fourth-order valence-corrected chi connectivity index (χ4v) is 1.54. The standard InChI is InChI=1S/C8H12F2N2S/c1-5-4-13-7(12-5)3-11-6(2)8(9)10/h4,6,8,11H,3H2,1-2H3. The van der Waals surface area contributed by atoms with E-state index in [1.54, 1.807) is 0 Å². The molecule has 1 rings (SSSR count). The largest absolute Gasteiger partial charge is 0.303 e. The quantitative estimate of drug-likeness (QED) is 0.816. The molecule has 0 saturated carbocycles. The fraction of sp³-hybridized carbons (Fsp3) is 0.625. The second-order valence-electron chi connectivity index (χ2n) is 2.89. The van der Waals surface area contributed by atoms with Crippen molar-refractivity contribution in [3.05, 3.63) is 16.1 Å². The zero-order valence-corrected chi connectivity index (χ0v) is 8.37. The maximum atomic E-state index is 12.1. The minimum Gasteiger partial charge on any atom is -0.303 e. The van der Waals surface area contributed by atoms with Gasteiger partial charge in [0.1, 0.15) is 5.01 Å². The summed E-state index contributed by atoms with van der Waals surface area (Å²) in [5.74, 6) is 0. The number of alkyl halides is 2. The van der Waals surface area contributed by atoms with Gasteiger partial charge in [0.05, 0.1) is 6.04 Å². The zero-order valence-electron chi connectivity index (χ0n) is 7.55. The third kappa shape index (κ3) is 3.36. The first kappa shape index (κ1) is 10.5. The summed E-state index contributed by atoms with van der Waals surface area (Å²) in [7, 11) is 0. The van der Waals surface area contributed by atoms with Crippen molar-refractivity contribution in [3.8, 4) is 0 Å². The predicted molar refractivity (Wildman–Crippen MR) is 49.2 cm³/mol. The number of thiazole rings is 1. The van der Waals surface area contributed by atoms with Crippen molar-refractivity contribution >= 4 is 11.3 Å². The van der Waals surface area contributed by atoms with E-state index in [0.29, 0.717) is 6.54 Å². The summed E-state index contributed by atoms with van der Waals surface area (Å²) in [6.07, 6.45) is -2.32.